The van der Waals surface area contributed by atoms with Crippen LogP contribution in [-0.2, 0) is 23.2 Å². The molecule has 0 saturated heterocycles. The van der Waals surface area contributed by atoms with E-state index >= 15 is 0 Å². The predicted octanol–water partition coefficient (Wildman–Crippen LogP) is 5.60. The molecule has 0 N–H and O–H groups in total. The molecule has 1 unspecified atom stereocenters. The zero-order valence-corrected chi connectivity index (χ0v) is 17.9. The molecule has 2 rings (SSSR count). The summed E-state index contributed by atoms with van der Waals surface area (Å²) in [7, 11) is 1.70. The van der Waals surface area contributed by atoms with E-state index in [1.165, 1.54) is 26.2 Å². The van der Waals surface area contributed by atoms with Crippen molar-refractivity contribution in [2.24, 2.45) is 5.92 Å². The van der Waals surface area contributed by atoms with E-state index in [0.29, 0.717) is 5.92 Å². The first-order valence-corrected chi connectivity index (χ1v) is 11.0. The third-order valence-electron chi connectivity index (χ3n) is 5.16. The molecule has 1 atom stereocenters. The van der Waals surface area contributed by atoms with Crippen molar-refractivity contribution < 1.29 is 25.9 Å². The van der Waals surface area contributed by atoms with Crippen molar-refractivity contribution >= 4 is 4.82 Å². The molecule has 3 heteroatoms. The van der Waals surface area contributed by atoms with Gasteiger partial charge in [-0.05, 0) is 0 Å². The Morgan fingerprint density at radius 1 is 1.00 bits per heavy atom. The maximum absolute atomic E-state index is 6.41. The summed E-state index contributed by atoms with van der Waals surface area (Å²) in [5.74, 6) is 2.20. The fourth-order valence-electron chi connectivity index (χ4n) is 3.19. The van der Waals surface area contributed by atoms with Crippen LogP contribution in [0.2, 0.25) is 0 Å². The summed E-state index contributed by atoms with van der Waals surface area (Å²) in [4.78, 5) is 4.45. The normalized spacial score (nSPS) is 18.2. The van der Waals surface area contributed by atoms with Gasteiger partial charge in [0.2, 0.25) is 0 Å². The monoisotopic (exact) mass is 362 g/mol. The summed E-state index contributed by atoms with van der Waals surface area (Å²) in [6.07, 6.45) is 0. The van der Waals surface area contributed by atoms with Crippen LogP contribution in [0.4, 0.5) is 0 Å². The van der Waals surface area contributed by atoms with Crippen molar-refractivity contribution in [3.8, 4) is 11.5 Å². The third kappa shape index (κ3) is 3.76. The minimum absolute atomic E-state index is 0.0541. The molecule has 0 radical (unpaired) electrons. The summed E-state index contributed by atoms with van der Waals surface area (Å²) in [5, 5.41) is 0. The Labute approximate surface area is 153 Å². The Balaban J connectivity index is 2.34. The first kappa shape index (κ1) is 19.2. The van der Waals surface area contributed by atoms with Gasteiger partial charge >= 0.3 is 153 Å². The minimum atomic E-state index is -2.06. The van der Waals surface area contributed by atoms with E-state index in [-0.39, 0.29) is 5.41 Å². The molecule has 130 valence electrons. The van der Waals surface area contributed by atoms with E-state index < -0.39 is 17.8 Å². The van der Waals surface area contributed by atoms with Gasteiger partial charge < -0.3 is 0 Å². The van der Waals surface area contributed by atoms with Gasteiger partial charge in [0.1, 0.15) is 0 Å². The standard InChI is InChI=1S/C11H16O2.C9H13.CH2.Ti/c1-11(2,3)8-5-9(12)7-10(6-8)13-4;1-6-5-7(2)9(4)8(6)3;;/h5-7,12H,1-4H3;6H,1-4H3;1H2;/q;;;+1/p-1. The molecule has 0 aromatic heterocycles. The molecule has 0 fully saturated rings. The van der Waals surface area contributed by atoms with Gasteiger partial charge in [0.25, 0.3) is 0 Å². The van der Waals surface area contributed by atoms with E-state index in [1.54, 1.807) is 7.11 Å². The van der Waals surface area contributed by atoms with Crippen molar-refractivity contribution in [1.82, 2.24) is 0 Å². The average Bonchev–Trinajstić information content (AvgIpc) is 2.69. The van der Waals surface area contributed by atoms with Crippen molar-refractivity contribution in [2.75, 3.05) is 7.11 Å². The van der Waals surface area contributed by atoms with Gasteiger partial charge in [-0.15, -0.1) is 0 Å². The molecule has 0 bridgehead atoms. The molecule has 1 aromatic rings. The Morgan fingerprint density at radius 3 is 2.04 bits per heavy atom. The Bertz CT molecular complexity index is 733. The van der Waals surface area contributed by atoms with Crippen LogP contribution in [-0.4, -0.2) is 11.9 Å². The molecule has 1 aliphatic carbocycles. The first-order chi connectivity index (χ1) is 11.1. The van der Waals surface area contributed by atoms with Gasteiger partial charge in [0.15, 0.2) is 0 Å². The van der Waals surface area contributed by atoms with E-state index in [0.717, 1.165) is 11.5 Å². The fraction of sp³-hybridized carbons (Fsp3) is 0.476. The summed E-state index contributed by atoms with van der Waals surface area (Å²) in [5.41, 5.74) is 5.54. The molecule has 24 heavy (non-hydrogen) atoms. The van der Waals surface area contributed by atoms with Crippen LogP contribution in [0.5, 0.6) is 11.5 Å². The van der Waals surface area contributed by atoms with E-state index in [4.69, 9.17) is 8.06 Å². The van der Waals surface area contributed by atoms with Gasteiger partial charge in [-0.25, -0.2) is 0 Å². The van der Waals surface area contributed by atoms with Crippen LogP contribution in [0.25, 0.3) is 0 Å². The number of hydrogen-bond acceptors (Lipinski definition) is 2. The van der Waals surface area contributed by atoms with E-state index in [9.17, 15) is 0 Å². The van der Waals surface area contributed by atoms with Gasteiger partial charge in [0, 0.05) is 0 Å². The van der Waals surface area contributed by atoms with Crippen molar-refractivity contribution in [3.05, 3.63) is 44.4 Å². The van der Waals surface area contributed by atoms with Crippen LogP contribution in [0.15, 0.2) is 38.8 Å². The fourth-order valence-corrected chi connectivity index (χ4v) is 6.03. The average molecular weight is 362 g/mol. The molecule has 0 saturated carbocycles. The third-order valence-corrected chi connectivity index (χ3v) is 8.12. The van der Waals surface area contributed by atoms with Gasteiger partial charge in [-0.3, -0.25) is 0 Å². The zero-order valence-electron chi connectivity index (χ0n) is 16.3. The van der Waals surface area contributed by atoms with Crippen LogP contribution in [0, 0.1) is 5.92 Å². The first-order valence-electron chi connectivity index (χ1n) is 8.51. The summed E-state index contributed by atoms with van der Waals surface area (Å²) in [6, 6.07) is 6.22. The van der Waals surface area contributed by atoms with Crippen molar-refractivity contribution in [2.45, 2.75) is 53.9 Å². The Morgan fingerprint density at radius 2 is 1.58 bits per heavy atom. The SMILES string of the molecule is [CH2]=[Ti]([O]c1cc(OC)cc(C(C)(C)C)c1)[C]1=C(C)C(C)=C(C)C1C. The second-order valence-electron chi connectivity index (χ2n) is 7.74. The Kier molecular flexibility index (Phi) is 5.62. The van der Waals surface area contributed by atoms with Crippen LogP contribution >= 0.6 is 0 Å². The maximum atomic E-state index is 6.41. The Hall–Kier alpha value is -1.12. The van der Waals surface area contributed by atoms with Gasteiger partial charge in [-0.2, -0.15) is 0 Å². The second-order valence-corrected chi connectivity index (χ2v) is 10.2. The van der Waals surface area contributed by atoms with Crippen LogP contribution in [0.3, 0.4) is 0 Å². The summed E-state index contributed by atoms with van der Waals surface area (Å²) in [6.45, 7) is 15.5. The molecule has 0 aliphatic heterocycles. The molecule has 0 heterocycles. The quantitative estimate of drug-likeness (QED) is 0.650. The number of benzene rings is 1. The number of ether oxygens (including phenoxy) is 1. The van der Waals surface area contributed by atoms with Crippen LogP contribution < -0.4 is 8.06 Å². The molecule has 0 spiro atoms. The molecular formula is C21H30O2Ti. The summed E-state index contributed by atoms with van der Waals surface area (Å²) >= 11 is -2.06. The molecule has 2 nitrogen and oxygen atoms in total. The van der Waals surface area contributed by atoms with E-state index in [2.05, 4.69) is 65.4 Å². The molecule has 1 aromatic carbocycles. The zero-order chi connectivity index (χ0) is 18.2. The predicted molar refractivity (Wildman–Crippen MR) is 99.7 cm³/mol. The molecular weight excluding hydrogens is 332 g/mol. The molecule has 0 amide bonds. The van der Waals surface area contributed by atoms with Crippen LogP contribution in [0.1, 0.15) is 54.0 Å². The summed E-state index contributed by atoms with van der Waals surface area (Å²) < 4.78 is 13.3. The van der Waals surface area contributed by atoms with E-state index in [1.807, 2.05) is 6.07 Å². The van der Waals surface area contributed by atoms with Gasteiger partial charge in [0.05, 0.1) is 0 Å². The molecule has 1 aliphatic rings. The number of hydrogen-bond donors (Lipinski definition) is 0. The topological polar surface area (TPSA) is 18.5 Å². The van der Waals surface area contributed by atoms with Crippen molar-refractivity contribution in [3.63, 3.8) is 0 Å². The number of allylic oxidation sites excluding steroid dienone is 4. The van der Waals surface area contributed by atoms with Crippen molar-refractivity contribution in [1.29, 1.82) is 0 Å². The number of rotatable bonds is 4. The second kappa shape index (κ2) is 7.02. The number of methoxy groups -OCH3 is 1. The van der Waals surface area contributed by atoms with Gasteiger partial charge in [-0.1, -0.05) is 0 Å².